The number of aromatic nitrogens is 2. The first-order chi connectivity index (χ1) is 18.5. The van der Waals surface area contributed by atoms with Crippen LogP contribution in [0.1, 0.15) is 26.3 Å². The molecule has 4 aromatic rings. The lowest BCUT2D eigenvalue weighted by molar-refractivity contribution is 0.0303. The van der Waals surface area contributed by atoms with Crippen molar-refractivity contribution in [2.24, 2.45) is 7.05 Å². The van der Waals surface area contributed by atoms with Crippen LogP contribution >= 0.6 is 0 Å². The summed E-state index contributed by atoms with van der Waals surface area (Å²) in [7, 11) is 1.78. The number of nitrogens with zero attached hydrogens (tertiary/aromatic N) is 3. The zero-order valence-corrected chi connectivity index (χ0v) is 20.9. The average molecular weight is 515 g/mol. The molecule has 38 heavy (non-hydrogen) atoms. The molecule has 0 spiro atoms. The van der Waals surface area contributed by atoms with Crippen LogP contribution in [0.25, 0.3) is 11.1 Å². The third kappa shape index (κ3) is 5.73. The number of anilines is 1. The van der Waals surface area contributed by atoms with Crippen LogP contribution in [-0.2, 0) is 18.4 Å². The lowest BCUT2D eigenvalue weighted by atomic mass is 9.96. The Morgan fingerprint density at radius 3 is 2.53 bits per heavy atom. The Morgan fingerprint density at radius 2 is 1.82 bits per heavy atom. The van der Waals surface area contributed by atoms with Crippen LogP contribution in [0.2, 0.25) is 0 Å². The van der Waals surface area contributed by atoms with E-state index in [2.05, 4.69) is 10.4 Å². The number of ether oxygens (including phenoxy) is 2. The largest absolute Gasteiger partial charge is 0.488 e. The number of amides is 2. The van der Waals surface area contributed by atoms with E-state index in [4.69, 9.17) is 9.47 Å². The van der Waals surface area contributed by atoms with E-state index < -0.39 is 11.7 Å². The number of aryl methyl sites for hydroxylation is 1. The number of nitrogens with one attached hydrogen (secondary N) is 1. The Balaban J connectivity index is 1.59. The normalized spacial score (nSPS) is 13.3. The van der Waals surface area contributed by atoms with E-state index in [1.54, 1.807) is 47.2 Å². The van der Waals surface area contributed by atoms with Crippen molar-refractivity contribution in [1.29, 1.82) is 0 Å². The average Bonchev–Trinajstić information content (AvgIpc) is 3.38. The number of rotatable bonds is 7. The van der Waals surface area contributed by atoms with Crippen molar-refractivity contribution in [3.05, 3.63) is 102 Å². The van der Waals surface area contributed by atoms with Crippen LogP contribution in [-0.4, -0.2) is 52.8 Å². The Kier molecular flexibility index (Phi) is 7.46. The first kappa shape index (κ1) is 25.2. The van der Waals surface area contributed by atoms with E-state index in [1.807, 2.05) is 30.3 Å². The third-order valence-electron chi connectivity index (χ3n) is 6.23. The van der Waals surface area contributed by atoms with Gasteiger partial charge in [0.2, 0.25) is 0 Å². The Labute approximate surface area is 219 Å². The lowest BCUT2D eigenvalue weighted by Crippen LogP contribution is -2.40. The highest BCUT2D eigenvalue weighted by molar-refractivity contribution is 6.09. The molecule has 1 aromatic heterocycles. The van der Waals surface area contributed by atoms with Crippen molar-refractivity contribution >= 4 is 17.5 Å². The third-order valence-corrected chi connectivity index (χ3v) is 6.23. The van der Waals surface area contributed by atoms with Crippen LogP contribution in [0.5, 0.6) is 5.75 Å². The van der Waals surface area contributed by atoms with Crippen molar-refractivity contribution in [1.82, 2.24) is 14.7 Å². The number of hydrogen-bond donors (Lipinski definition) is 1. The van der Waals surface area contributed by atoms with E-state index in [1.165, 1.54) is 18.2 Å². The maximum Gasteiger partial charge on any atom is 0.259 e. The smallest absolute Gasteiger partial charge is 0.259 e. The molecule has 0 atom stereocenters. The summed E-state index contributed by atoms with van der Waals surface area (Å²) in [5.74, 6) is -0.902. The quantitative estimate of drug-likeness (QED) is 0.392. The number of halogens is 1. The summed E-state index contributed by atoms with van der Waals surface area (Å²) in [5, 5.41) is 7.00. The summed E-state index contributed by atoms with van der Waals surface area (Å²) in [6.45, 7) is 2.04. The van der Waals surface area contributed by atoms with E-state index >= 15 is 0 Å². The molecule has 0 radical (unpaired) electrons. The fourth-order valence-electron chi connectivity index (χ4n) is 4.29. The molecule has 0 saturated carbocycles. The molecule has 2 amide bonds. The minimum Gasteiger partial charge on any atom is -0.488 e. The van der Waals surface area contributed by atoms with Crippen LogP contribution in [0.4, 0.5) is 10.1 Å². The molecule has 1 fully saturated rings. The molecule has 1 N–H and O–H groups in total. The second-order valence-electron chi connectivity index (χ2n) is 8.94. The maximum atomic E-state index is 13.8. The highest BCUT2D eigenvalue weighted by atomic mass is 19.1. The van der Waals surface area contributed by atoms with Crippen molar-refractivity contribution < 1.29 is 23.5 Å². The molecule has 2 heterocycles. The monoisotopic (exact) mass is 514 g/mol. The predicted octanol–water partition coefficient (Wildman–Crippen LogP) is 4.53. The first-order valence-electron chi connectivity index (χ1n) is 12.3. The maximum absolute atomic E-state index is 13.8. The minimum atomic E-state index is -0.492. The van der Waals surface area contributed by atoms with E-state index in [0.29, 0.717) is 48.7 Å². The summed E-state index contributed by atoms with van der Waals surface area (Å²) in [4.78, 5) is 28.9. The van der Waals surface area contributed by atoms with Gasteiger partial charge in [-0.05, 0) is 41.5 Å². The molecule has 194 valence electrons. The van der Waals surface area contributed by atoms with Gasteiger partial charge in [0.05, 0.1) is 30.5 Å². The summed E-state index contributed by atoms with van der Waals surface area (Å²) in [6, 6.07) is 18.4. The molecule has 0 unspecified atom stereocenters. The molecule has 1 saturated heterocycles. The number of morpholine rings is 1. The fraction of sp³-hybridized carbons (Fsp3) is 0.207. The van der Waals surface area contributed by atoms with Crippen molar-refractivity contribution in [2.45, 2.75) is 6.61 Å². The van der Waals surface area contributed by atoms with Crippen molar-refractivity contribution in [3.8, 4) is 16.9 Å². The Bertz CT molecular complexity index is 1450. The van der Waals surface area contributed by atoms with Gasteiger partial charge in [-0.15, -0.1) is 0 Å². The van der Waals surface area contributed by atoms with Gasteiger partial charge in [0.1, 0.15) is 18.2 Å². The zero-order valence-electron chi connectivity index (χ0n) is 20.9. The predicted molar refractivity (Wildman–Crippen MR) is 140 cm³/mol. The number of hydrogen-bond acceptors (Lipinski definition) is 5. The van der Waals surface area contributed by atoms with E-state index in [0.717, 1.165) is 5.56 Å². The van der Waals surface area contributed by atoms with Gasteiger partial charge < -0.3 is 19.7 Å². The Hall–Kier alpha value is -4.50. The zero-order chi connectivity index (χ0) is 26.5. The topological polar surface area (TPSA) is 85.7 Å². The molecule has 3 aromatic carbocycles. The van der Waals surface area contributed by atoms with E-state index in [-0.39, 0.29) is 23.8 Å². The van der Waals surface area contributed by atoms with Gasteiger partial charge in [-0.3, -0.25) is 14.3 Å². The highest BCUT2D eigenvalue weighted by Crippen LogP contribution is 2.33. The van der Waals surface area contributed by atoms with Gasteiger partial charge in [0.15, 0.2) is 0 Å². The van der Waals surface area contributed by atoms with Crippen molar-refractivity contribution in [3.63, 3.8) is 0 Å². The highest BCUT2D eigenvalue weighted by Gasteiger charge is 2.26. The van der Waals surface area contributed by atoms with Gasteiger partial charge >= 0.3 is 0 Å². The van der Waals surface area contributed by atoms with Crippen LogP contribution in [0.15, 0.2) is 79.1 Å². The molecule has 0 aliphatic carbocycles. The number of benzene rings is 3. The fourth-order valence-corrected chi connectivity index (χ4v) is 4.29. The van der Waals surface area contributed by atoms with Crippen LogP contribution < -0.4 is 10.1 Å². The van der Waals surface area contributed by atoms with Gasteiger partial charge in [0.25, 0.3) is 11.8 Å². The Morgan fingerprint density at radius 1 is 1.03 bits per heavy atom. The molecule has 1 aliphatic heterocycles. The summed E-state index contributed by atoms with van der Waals surface area (Å²) in [5.41, 5.74) is 3.04. The summed E-state index contributed by atoms with van der Waals surface area (Å²) < 4.78 is 27.0. The standard InChI is InChI=1S/C29H27FN4O4/c1-33-18-21(17-31-33)24-15-26(28(35)32-23-9-5-8-22(30)14-23)27(38-19-20-6-3-2-4-7-20)16-25(24)29(36)34-10-12-37-13-11-34/h2-9,14-18H,10-13,19H2,1H3,(H,32,35). The second kappa shape index (κ2) is 11.3. The molecule has 5 rings (SSSR count). The number of carbonyl (C=O) groups excluding carboxylic acids is 2. The van der Waals surface area contributed by atoms with Gasteiger partial charge in [-0.2, -0.15) is 5.10 Å². The first-order valence-corrected chi connectivity index (χ1v) is 12.3. The molecule has 9 heteroatoms. The van der Waals surface area contributed by atoms with E-state index in [9.17, 15) is 14.0 Å². The molecular formula is C29H27FN4O4. The molecule has 1 aliphatic rings. The minimum absolute atomic E-state index is 0.186. The van der Waals surface area contributed by atoms with Crippen molar-refractivity contribution in [2.75, 3.05) is 31.6 Å². The van der Waals surface area contributed by atoms with Gasteiger partial charge in [0, 0.05) is 37.6 Å². The SMILES string of the molecule is Cn1cc(-c2cc(C(=O)Nc3cccc(F)c3)c(OCc3ccccc3)cc2C(=O)N2CCOCC2)cn1. The lowest BCUT2D eigenvalue weighted by Gasteiger charge is -2.28. The molecule has 0 bridgehead atoms. The molecule has 8 nitrogen and oxygen atoms in total. The van der Waals surface area contributed by atoms with Gasteiger partial charge in [-0.25, -0.2) is 4.39 Å². The number of carbonyl (C=O) groups is 2. The summed E-state index contributed by atoms with van der Waals surface area (Å²) >= 11 is 0. The van der Waals surface area contributed by atoms with Gasteiger partial charge in [-0.1, -0.05) is 36.4 Å². The summed E-state index contributed by atoms with van der Waals surface area (Å²) in [6.07, 6.45) is 3.42. The second-order valence-corrected chi connectivity index (χ2v) is 8.94. The molecular weight excluding hydrogens is 487 g/mol. The van der Waals surface area contributed by atoms with Crippen LogP contribution in [0.3, 0.4) is 0 Å². The van der Waals surface area contributed by atoms with Crippen LogP contribution in [0, 0.1) is 5.82 Å².